The molecule has 0 saturated heterocycles. The molecule has 0 atom stereocenters. The molecule has 18 heavy (non-hydrogen) atoms. The van der Waals surface area contributed by atoms with Crippen LogP contribution < -0.4 is 17.3 Å². The minimum Gasteiger partial charge on any atom is -1.00 e. The third kappa shape index (κ3) is 3.82. The highest BCUT2D eigenvalue weighted by atomic mass is 35.5. The number of nitrogens with one attached hydrogen (secondary N) is 1. The molecule has 0 aromatic heterocycles. The molecule has 1 aromatic carbocycles. The molecule has 1 aromatic rings. The van der Waals surface area contributed by atoms with Gasteiger partial charge in [0.1, 0.15) is 11.3 Å². The molecule has 0 amide bonds. The van der Waals surface area contributed by atoms with E-state index >= 15 is 0 Å². The van der Waals surface area contributed by atoms with Crippen molar-refractivity contribution >= 4 is 17.4 Å². The Morgan fingerprint density at radius 2 is 1.89 bits per heavy atom. The van der Waals surface area contributed by atoms with E-state index in [1.54, 1.807) is 25.1 Å². The third-order valence-corrected chi connectivity index (χ3v) is 2.46. The van der Waals surface area contributed by atoms with Crippen molar-refractivity contribution in [3.05, 3.63) is 29.3 Å². The average Bonchev–Trinajstić information content (AvgIpc) is 2.28. The van der Waals surface area contributed by atoms with Gasteiger partial charge in [0.15, 0.2) is 5.78 Å². The second-order valence-corrected chi connectivity index (χ2v) is 4.04. The number of halogens is 1. The van der Waals surface area contributed by atoms with Crippen LogP contribution in [0.25, 0.3) is 0 Å². The van der Waals surface area contributed by atoms with Crippen LogP contribution in [0.2, 0.25) is 0 Å². The summed E-state index contributed by atoms with van der Waals surface area (Å²) < 4.78 is 4.98. The topological polar surface area (TPSA) is 47.8 Å². The maximum Gasteiger partial charge on any atom is 0.344 e. The highest BCUT2D eigenvalue weighted by Crippen LogP contribution is 2.15. The van der Waals surface area contributed by atoms with E-state index in [9.17, 15) is 9.59 Å². The SMILES string of the molecule is CCOC(=O)c1ccc(C(C)=O)cc1[NH+](C)C.[Cl-]. The molecule has 100 valence electrons. The van der Waals surface area contributed by atoms with E-state index in [1.165, 1.54) is 6.92 Å². The second kappa shape index (κ2) is 7.13. The number of carbonyl (C=O) groups is 2. The molecule has 0 heterocycles. The fraction of sp³-hybridized carbons (Fsp3) is 0.385. The number of ketones is 1. The molecule has 1 rings (SSSR count). The zero-order chi connectivity index (χ0) is 13.0. The summed E-state index contributed by atoms with van der Waals surface area (Å²) in [5, 5.41) is 0. The molecule has 0 aliphatic carbocycles. The van der Waals surface area contributed by atoms with Gasteiger partial charge in [0.05, 0.1) is 20.7 Å². The van der Waals surface area contributed by atoms with Gasteiger partial charge in [-0.05, 0) is 19.9 Å². The Morgan fingerprint density at radius 3 is 2.33 bits per heavy atom. The van der Waals surface area contributed by atoms with Crippen molar-refractivity contribution in [2.24, 2.45) is 0 Å². The Labute approximate surface area is 113 Å². The average molecular weight is 272 g/mol. The van der Waals surface area contributed by atoms with Gasteiger partial charge in [-0.3, -0.25) is 4.79 Å². The van der Waals surface area contributed by atoms with Crippen LogP contribution >= 0.6 is 0 Å². The predicted octanol–water partition coefficient (Wildman–Crippen LogP) is -2.15. The maximum atomic E-state index is 11.7. The summed E-state index contributed by atoms with van der Waals surface area (Å²) in [4.78, 5) is 24.0. The first-order valence-corrected chi connectivity index (χ1v) is 5.60. The summed E-state index contributed by atoms with van der Waals surface area (Å²) in [6.07, 6.45) is 0. The van der Waals surface area contributed by atoms with E-state index in [1.807, 2.05) is 14.1 Å². The van der Waals surface area contributed by atoms with Crippen LogP contribution in [0.4, 0.5) is 5.69 Å². The van der Waals surface area contributed by atoms with Crippen molar-refractivity contribution in [3.63, 3.8) is 0 Å². The molecular formula is C13H18ClNO3. The molecule has 0 spiro atoms. The van der Waals surface area contributed by atoms with E-state index in [0.29, 0.717) is 17.7 Å². The number of ether oxygens (including phenoxy) is 1. The number of quaternary nitrogens is 1. The van der Waals surface area contributed by atoms with Crippen LogP contribution in [0, 0.1) is 0 Å². The van der Waals surface area contributed by atoms with Crippen LogP contribution in [-0.4, -0.2) is 32.5 Å². The molecule has 0 aliphatic heterocycles. The number of hydrogen-bond donors (Lipinski definition) is 1. The minimum absolute atomic E-state index is 0. The normalized spacial score (nSPS) is 9.83. The lowest BCUT2D eigenvalue weighted by atomic mass is 10.1. The summed E-state index contributed by atoms with van der Waals surface area (Å²) in [6, 6.07) is 5.04. The Hall–Kier alpha value is -1.39. The molecule has 4 nitrogen and oxygen atoms in total. The quantitative estimate of drug-likeness (QED) is 0.502. The van der Waals surface area contributed by atoms with Crippen LogP contribution in [0.15, 0.2) is 18.2 Å². The summed E-state index contributed by atoms with van der Waals surface area (Å²) in [5.41, 5.74) is 1.89. The molecule has 0 radical (unpaired) electrons. The first kappa shape index (κ1) is 16.6. The summed E-state index contributed by atoms with van der Waals surface area (Å²) in [5.74, 6) is -0.360. The largest absolute Gasteiger partial charge is 1.00 e. The van der Waals surface area contributed by atoms with E-state index in [4.69, 9.17) is 4.74 Å². The first-order chi connectivity index (χ1) is 7.97. The van der Waals surface area contributed by atoms with Gasteiger partial charge in [-0.1, -0.05) is 6.07 Å². The monoisotopic (exact) mass is 271 g/mol. The van der Waals surface area contributed by atoms with Gasteiger partial charge in [0.25, 0.3) is 0 Å². The van der Waals surface area contributed by atoms with Crippen LogP contribution in [0.1, 0.15) is 34.6 Å². The molecule has 0 saturated carbocycles. The van der Waals surface area contributed by atoms with Crippen molar-refractivity contribution in [2.45, 2.75) is 13.8 Å². The zero-order valence-electron chi connectivity index (χ0n) is 11.0. The highest BCUT2D eigenvalue weighted by Gasteiger charge is 2.18. The Bertz CT molecular complexity index is 444. The number of carbonyl (C=O) groups excluding carboxylic acids is 2. The Balaban J connectivity index is 0.00000289. The van der Waals surface area contributed by atoms with Crippen LogP contribution in [-0.2, 0) is 4.74 Å². The summed E-state index contributed by atoms with van der Waals surface area (Å²) in [6.45, 7) is 3.62. The van der Waals surface area contributed by atoms with Gasteiger partial charge in [-0.15, -0.1) is 0 Å². The lowest BCUT2D eigenvalue weighted by Crippen LogP contribution is -3.00. The highest BCUT2D eigenvalue weighted by molar-refractivity contribution is 5.99. The van der Waals surface area contributed by atoms with Crippen molar-refractivity contribution in [2.75, 3.05) is 20.7 Å². The van der Waals surface area contributed by atoms with Crippen LogP contribution in [0.3, 0.4) is 0 Å². The van der Waals surface area contributed by atoms with E-state index in [-0.39, 0.29) is 24.2 Å². The lowest BCUT2D eigenvalue weighted by Gasteiger charge is -2.12. The Kier molecular flexibility index (Phi) is 6.58. The van der Waals surface area contributed by atoms with Crippen molar-refractivity contribution < 1.29 is 31.6 Å². The van der Waals surface area contributed by atoms with E-state index in [0.717, 1.165) is 10.6 Å². The molecule has 0 aliphatic rings. The molecule has 5 heteroatoms. The number of esters is 1. The fourth-order valence-corrected chi connectivity index (χ4v) is 1.56. The molecule has 0 bridgehead atoms. The van der Waals surface area contributed by atoms with E-state index < -0.39 is 0 Å². The fourth-order valence-electron chi connectivity index (χ4n) is 1.56. The maximum absolute atomic E-state index is 11.7. The smallest absolute Gasteiger partial charge is 0.344 e. The second-order valence-electron chi connectivity index (χ2n) is 4.04. The van der Waals surface area contributed by atoms with Crippen molar-refractivity contribution in [1.82, 2.24) is 0 Å². The third-order valence-electron chi connectivity index (χ3n) is 2.46. The lowest BCUT2D eigenvalue weighted by molar-refractivity contribution is -0.786. The van der Waals surface area contributed by atoms with Crippen LogP contribution in [0.5, 0.6) is 0 Å². The standard InChI is InChI=1S/C13H17NO3.ClH/c1-5-17-13(16)11-7-6-10(9(2)15)8-12(11)14(3)4;/h6-8H,5H2,1-4H3;1H. The Morgan fingerprint density at radius 1 is 1.28 bits per heavy atom. The van der Waals surface area contributed by atoms with Gasteiger partial charge >= 0.3 is 5.97 Å². The van der Waals surface area contributed by atoms with Gasteiger partial charge in [-0.25, -0.2) is 4.79 Å². The molecule has 0 unspecified atom stereocenters. The summed E-state index contributed by atoms with van der Waals surface area (Å²) >= 11 is 0. The van der Waals surface area contributed by atoms with Gasteiger partial charge < -0.3 is 22.0 Å². The van der Waals surface area contributed by atoms with Gasteiger partial charge in [-0.2, -0.15) is 0 Å². The first-order valence-electron chi connectivity index (χ1n) is 5.60. The molecule has 0 fully saturated rings. The molecule has 1 N–H and O–H groups in total. The number of Topliss-reactive ketones (excluding diaryl/α,β-unsaturated/α-hetero) is 1. The van der Waals surface area contributed by atoms with Crippen molar-refractivity contribution in [1.29, 1.82) is 0 Å². The van der Waals surface area contributed by atoms with Gasteiger partial charge in [0, 0.05) is 11.6 Å². The number of benzene rings is 1. The van der Waals surface area contributed by atoms with E-state index in [2.05, 4.69) is 0 Å². The minimum atomic E-state index is -0.348. The predicted molar refractivity (Wildman–Crippen MR) is 64.9 cm³/mol. The zero-order valence-corrected chi connectivity index (χ0v) is 11.8. The number of rotatable bonds is 4. The van der Waals surface area contributed by atoms with Gasteiger partial charge in [0.2, 0.25) is 0 Å². The number of hydrogen-bond acceptors (Lipinski definition) is 3. The molecular weight excluding hydrogens is 254 g/mol. The van der Waals surface area contributed by atoms with Crippen molar-refractivity contribution in [3.8, 4) is 0 Å². The summed E-state index contributed by atoms with van der Waals surface area (Å²) in [7, 11) is 3.81.